The summed E-state index contributed by atoms with van der Waals surface area (Å²) in [6.45, 7) is 2.62. The zero-order valence-electron chi connectivity index (χ0n) is 13.1. The van der Waals surface area contributed by atoms with Gasteiger partial charge in [-0.15, -0.1) is 0 Å². The summed E-state index contributed by atoms with van der Waals surface area (Å²) in [6, 6.07) is 4.45. The van der Waals surface area contributed by atoms with Crippen molar-refractivity contribution in [1.29, 1.82) is 0 Å². The molecule has 0 aliphatic carbocycles. The highest BCUT2D eigenvalue weighted by Crippen LogP contribution is 2.24. The molecule has 0 aromatic heterocycles. The van der Waals surface area contributed by atoms with E-state index >= 15 is 0 Å². The molecular weight excluding hydrogens is 304 g/mol. The molecule has 0 saturated carbocycles. The number of benzene rings is 1. The number of ether oxygens (including phenoxy) is 1. The second-order valence-electron chi connectivity index (χ2n) is 5.93. The van der Waals surface area contributed by atoms with Gasteiger partial charge in [0.15, 0.2) is 11.6 Å². The molecule has 3 rings (SSSR count). The summed E-state index contributed by atoms with van der Waals surface area (Å²) in [7, 11) is 1.43. The summed E-state index contributed by atoms with van der Waals surface area (Å²) < 4.78 is 31.9. The maximum atomic E-state index is 13.8. The smallest absolute Gasteiger partial charge is 0.239 e. The Hall–Kier alpha value is -1.89. The van der Waals surface area contributed by atoms with E-state index in [1.54, 1.807) is 11.0 Å². The van der Waals surface area contributed by atoms with Crippen LogP contribution in [-0.2, 0) is 4.79 Å². The van der Waals surface area contributed by atoms with Gasteiger partial charge in [-0.25, -0.2) is 8.78 Å². The third-order valence-electron chi connectivity index (χ3n) is 4.47. The molecule has 1 N–H and O–H groups in total. The van der Waals surface area contributed by atoms with Crippen molar-refractivity contribution in [3.63, 3.8) is 0 Å². The summed E-state index contributed by atoms with van der Waals surface area (Å²) in [5.41, 5.74) is 0.776. The number of anilines is 1. The summed E-state index contributed by atoms with van der Waals surface area (Å²) in [6.07, 6.45) is -0.685. The van der Waals surface area contributed by atoms with Gasteiger partial charge >= 0.3 is 0 Å². The fraction of sp³-hybridized carbons (Fsp3) is 0.562. The highest BCUT2D eigenvalue weighted by Gasteiger charge is 2.33. The Morgan fingerprint density at radius 1 is 1.30 bits per heavy atom. The van der Waals surface area contributed by atoms with Crippen molar-refractivity contribution < 1.29 is 18.3 Å². The van der Waals surface area contributed by atoms with Crippen LogP contribution in [0.25, 0.3) is 0 Å². The Morgan fingerprint density at radius 3 is 2.61 bits per heavy atom. The van der Waals surface area contributed by atoms with E-state index < -0.39 is 18.0 Å². The predicted molar refractivity (Wildman–Crippen MR) is 83.0 cm³/mol. The number of carbonyl (C=O) groups excluding carboxylic acids is 1. The topological polar surface area (TPSA) is 44.8 Å². The number of hydrogen-bond acceptors (Lipinski definition) is 4. The van der Waals surface area contributed by atoms with E-state index in [4.69, 9.17) is 4.74 Å². The van der Waals surface area contributed by atoms with Crippen LogP contribution >= 0.6 is 0 Å². The minimum atomic E-state index is -0.937. The average molecular weight is 325 g/mol. The second-order valence-corrected chi connectivity index (χ2v) is 5.93. The van der Waals surface area contributed by atoms with Crippen molar-refractivity contribution >= 4 is 11.6 Å². The van der Waals surface area contributed by atoms with E-state index in [0.717, 1.165) is 5.69 Å². The van der Waals surface area contributed by atoms with E-state index in [0.29, 0.717) is 26.2 Å². The highest BCUT2D eigenvalue weighted by atomic mass is 19.1. The number of nitrogens with one attached hydrogen (secondary N) is 1. The summed E-state index contributed by atoms with van der Waals surface area (Å²) in [5, 5.41) is 2.92. The van der Waals surface area contributed by atoms with E-state index in [1.165, 1.54) is 13.2 Å². The van der Waals surface area contributed by atoms with Crippen LogP contribution in [0, 0.1) is 5.82 Å². The first-order valence-corrected chi connectivity index (χ1v) is 7.83. The molecule has 126 valence electrons. The van der Waals surface area contributed by atoms with Gasteiger partial charge in [-0.3, -0.25) is 4.79 Å². The minimum absolute atomic E-state index is 0.0364. The van der Waals surface area contributed by atoms with Crippen LogP contribution in [0.2, 0.25) is 0 Å². The molecular formula is C16H21F2N3O2. The number of methoxy groups -OCH3 is 1. The molecule has 2 aliphatic rings. The Labute approximate surface area is 134 Å². The van der Waals surface area contributed by atoms with Crippen LogP contribution < -0.4 is 15.0 Å². The Kier molecular flexibility index (Phi) is 4.66. The maximum absolute atomic E-state index is 13.8. The lowest BCUT2D eigenvalue weighted by Gasteiger charge is -2.37. The van der Waals surface area contributed by atoms with Crippen molar-refractivity contribution in [2.45, 2.75) is 18.6 Å². The molecule has 1 aromatic rings. The zero-order chi connectivity index (χ0) is 16.4. The number of rotatable bonds is 3. The van der Waals surface area contributed by atoms with Crippen molar-refractivity contribution in [2.75, 3.05) is 44.7 Å². The molecule has 7 heteroatoms. The molecule has 0 spiro atoms. The number of alkyl halides is 1. The van der Waals surface area contributed by atoms with Gasteiger partial charge in [-0.2, -0.15) is 0 Å². The highest BCUT2D eigenvalue weighted by molar-refractivity contribution is 5.82. The third-order valence-corrected chi connectivity index (χ3v) is 4.47. The van der Waals surface area contributed by atoms with E-state index in [2.05, 4.69) is 5.32 Å². The third kappa shape index (κ3) is 3.39. The van der Waals surface area contributed by atoms with Crippen LogP contribution in [0.5, 0.6) is 5.75 Å². The van der Waals surface area contributed by atoms with E-state index in [-0.39, 0.29) is 24.6 Å². The molecule has 2 atom stereocenters. The monoisotopic (exact) mass is 325 g/mol. The fourth-order valence-electron chi connectivity index (χ4n) is 3.14. The summed E-state index contributed by atoms with van der Waals surface area (Å²) >= 11 is 0. The lowest BCUT2D eigenvalue weighted by Crippen LogP contribution is -2.53. The van der Waals surface area contributed by atoms with Gasteiger partial charge in [0.25, 0.3) is 0 Å². The number of carbonyl (C=O) groups is 1. The average Bonchev–Trinajstić information content (AvgIpc) is 3.01. The lowest BCUT2D eigenvalue weighted by molar-refractivity contribution is -0.133. The van der Waals surface area contributed by atoms with Crippen molar-refractivity contribution in [2.24, 2.45) is 0 Å². The molecule has 2 aliphatic heterocycles. The van der Waals surface area contributed by atoms with Crippen molar-refractivity contribution in [1.82, 2.24) is 10.2 Å². The first-order valence-electron chi connectivity index (χ1n) is 7.83. The first-order chi connectivity index (χ1) is 11.1. The summed E-state index contributed by atoms with van der Waals surface area (Å²) in [4.78, 5) is 16.1. The van der Waals surface area contributed by atoms with Crippen LogP contribution in [0.4, 0.5) is 14.5 Å². The lowest BCUT2D eigenvalue weighted by atomic mass is 10.1. The number of piperazine rings is 1. The SMILES string of the molecule is COc1ccc(N2CCN(C(=O)[C@H]3C[C@H](F)CN3)CC2)cc1F. The van der Waals surface area contributed by atoms with Crippen LogP contribution in [0.1, 0.15) is 6.42 Å². The van der Waals surface area contributed by atoms with Crippen molar-refractivity contribution in [3.8, 4) is 5.75 Å². The summed E-state index contributed by atoms with van der Waals surface area (Å²) in [5.74, 6) is -0.214. The zero-order valence-corrected chi connectivity index (χ0v) is 13.1. The van der Waals surface area contributed by atoms with E-state index in [9.17, 15) is 13.6 Å². The fourth-order valence-corrected chi connectivity index (χ4v) is 3.14. The number of nitrogens with zero attached hydrogens (tertiary/aromatic N) is 2. The molecule has 2 heterocycles. The van der Waals surface area contributed by atoms with Gasteiger partial charge in [-0.05, 0) is 12.1 Å². The molecule has 1 amide bonds. The molecule has 2 saturated heterocycles. The quantitative estimate of drug-likeness (QED) is 0.907. The molecule has 2 fully saturated rings. The van der Waals surface area contributed by atoms with Gasteiger partial charge < -0.3 is 19.9 Å². The number of hydrogen-bond donors (Lipinski definition) is 1. The standard InChI is InChI=1S/C16H21F2N3O2/c1-23-15-3-2-12(9-13(15)18)20-4-6-21(7-5-20)16(22)14-8-11(17)10-19-14/h2-3,9,11,14,19H,4-8,10H2,1H3/t11-,14+/m0/s1. The largest absolute Gasteiger partial charge is 0.494 e. The Bertz CT molecular complexity index is 576. The molecule has 1 aromatic carbocycles. The molecule has 0 bridgehead atoms. The minimum Gasteiger partial charge on any atom is -0.494 e. The van der Waals surface area contributed by atoms with Gasteiger partial charge in [0.1, 0.15) is 6.17 Å². The van der Waals surface area contributed by atoms with Gasteiger partial charge in [-0.1, -0.05) is 0 Å². The molecule has 5 nitrogen and oxygen atoms in total. The van der Waals surface area contributed by atoms with Crippen LogP contribution in [0.15, 0.2) is 18.2 Å². The van der Waals surface area contributed by atoms with E-state index in [1.807, 2.05) is 11.0 Å². The maximum Gasteiger partial charge on any atom is 0.239 e. The van der Waals surface area contributed by atoms with Crippen LogP contribution in [0.3, 0.4) is 0 Å². The number of amides is 1. The Morgan fingerprint density at radius 2 is 2.04 bits per heavy atom. The first kappa shape index (κ1) is 16.0. The van der Waals surface area contributed by atoms with Gasteiger partial charge in [0.2, 0.25) is 5.91 Å². The number of halogens is 2. The van der Waals surface area contributed by atoms with Gasteiger partial charge in [0, 0.05) is 50.9 Å². The predicted octanol–water partition coefficient (Wildman–Crippen LogP) is 1.18. The molecule has 23 heavy (non-hydrogen) atoms. The van der Waals surface area contributed by atoms with Crippen molar-refractivity contribution in [3.05, 3.63) is 24.0 Å². The normalized spacial score (nSPS) is 24.8. The molecule has 0 radical (unpaired) electrons. The Balaban J connectivity index is 1.58. The molecule has 0 unspecified atom stereocenters. The van der Waals surface area contributed by atoms with Crippen LogP contribution in [-0.4, -0.2) is 62.9 Å². The second kappa shape index (κ2) is 6.70. The van der Waals surface area contributed by atoms with Gasteiger partial charge in [0.05, 0.1) is 13.2 Å².